The Kier molecular flexibility index (Phi) is 6.55. The second-order valence-electron chi connectivity index (χ2n) is 6.97. The molecule has 2 amide bonds. The summed E-state index contributed by atoms with van der Waals surface area (Å²) in [5.74, 6) is -0.0271. The molecule has 0 aromatic heterocycles. The van der Waals surface area contributed by atoms with Crippen molar-refractivity contribution < 1.29 is 19.4 Å². The molecule has 2 aliphatic rings. The first-order valence-electron chi connectivity index (χ1n) is 7.71. The SMILES string of the molecule is CC(C)(C)OC(=O)N1CC[C@H](C(=O)N2CCC(O)CC2)C1.S. The van der Waals surface area contributed by atoms with Crippen molar-refractivity contribution in [2.45, 2.75) is 51.7 Å². The third-order valence-electron chi connectivity index (χ3n) is 3.97. The minimum absolute atomic E-state index is 0. The number of piperidine rings is 1. The molecule has 2 saturated heterocycles. The van der Waals surface area contributed by atoms with Crippen LogP contribution in [0.2, 0.25) is 0 Å². The smallest absolute Gasteiger partial charge is 0.410 e. The van der Waals surface area contributed by atoms with Crippen molar-refractivity contribution in [1.29, 1.82) is 0 Å². The minimum atomic E-state index is -0.512. The van der Waals surface area contributed by atoms with Crippen LogP contribution in [0.1, 0.15) is 40.0 Å². The number of likely N-dealkylation sites (tertiary alicyclic amines) is 2. The molecule has 6 nitrogen and oxygen atoms in total. The Hall–Kier alpha value is -0.950. The Balaban J connectivity index is 0.00000242. The number of rotatable bonds is 1. The standard InChI is InChI=1S/C15H26N2O4.H2S/c1-15(2,3)21-14(20)17-7-4-11(10-17)13(19)16-8-5-12(18)6-9-16;/h11-12,18H,4-10H2,1-3H3;1H2/t11-;/m0./s1. The van der Waals surface area contributed by atoms with Gasteiger partial charge in [-0.1, -0.05) is 0 Å². The first-order valence-corrected chi connectivity index (χ1v) is 7.71. The summed E-state index contributed by atoms with van der Waals surface area (Å²) in [7, 11) is 0. The van der Waals surface area contributed by atoms with Gasteiger partial charge in [-0.3, -0.25) is 4.79 Å². The monoisotopic (exact) mass is 332 g/mol. The van der Waals surface area contributed by atoms with E-state index in [1.54, 1.807) is 4.90 Å². The average Bonchev–Trinajstić information content (AvgIpc) is 2.86. The number of ether oxygens (including phenoxy) is 1. The molecule has 0 saturated carbocycles. The number of hydrogen-bond donors (Lipinski definition) is 1. The Bertz CT molecular complexity index is 403. The molecule has 128 valence electrons. The maximum atomic E-state index is 12.4. The maximum absolute atomic E-state index is 12.4. The Morgan fingerprint density at radius 3 is 2.14 bits per heavy atom. The quantitative estimate of drug-likeness (QED) is 0.787. The van der Waals surface area contributed by atoms with Crippen molar-refractivity contribution >= 4 is 25.5 Å². The highest BCUT2D eigenvalue weighted by atomic mass is 32.1. The van der Waals surface area contributed by atoms with E-state index in [0.29, 0.717) is 45.4 Å². The summed E-state index contributed by atoms with van der Waals surface area (Å²) < 4.78 is 5.34. The molecule has 0 unspecified atom stereocenters. The number of nitrogens with zero attached hydrogens (tertiary/aromatic N) is 2. The number of hydrogen-bond acceptors (Lipinski definition) is 4. The van der Waals surface area contributed by atoms with E-state index in [0.717, 1.165) is 0 Å². The van der Waals surface area contributed by atoms with E-state index in [9.17, 15) is 14.7 Å². The zero-order chi connectivity index (χ0) is 15.6. The maximum Gasteiger partial charge on any atom is 0.410 e. The highest BCUT2D eigenvalue weighted by molar-refractivity contribution is 7.59. The normalized spacial score (nSPS) is 23.2. The molecule has 0 aromatic rings. The van der Waals surface area contributed by atoms with Crippen LogP contribution >= 0.6 is 13.5 Å². The lowest BCUT2D eigenvalue weighted by Gasteiger charge is -2.31. The van der Waals surface area contributed by atoms with Gasteiger partial charge in [-0.05, 0) is 40.0 Å². The lowest BCUT2D eigenvalue weighted by atomic mass is 10.0. The molecule has 0 aromatic carbocycles. The molecule has 2 heterocycles. The van der Waals surface area contributed by atoms with Gasteiger partial charge in [0.1, 0.15) is 5.60 Å². The van der Waals surface area contributed by atoms with Crippen LogP contribution in [0, 0.1) is 5.92 Å². The summed E-state index contributed by atoms with van der Waals surface area (Å²) >= 11 is 0. The molecule has 1 atom stereocenters. The second-order valence-corrected chi connectivity index (χ2v) is 6.97. The van der Waals surface area contributed by atoms with Crippen molar-refractivity contribution in [2.24, 2.45) is 5.92 Å². The molecule has 0 bridgehead atoms. The third kappa shape index (κ3) is 5.05. The summed E-state index contributed by atoms with van der Waals surface area (Å²) in [5.41, 5.74) is -0.512. The molecular formula is C15H28N2O4S. The lowest BCUT2D eigenvalue weighted by Crippen LogP contribution is -2.44. The number of aliphatic hydroxyl groups is 1. The first kappa shape index (κ1) is 19.1. The van der Waals surface area contributed by atoms with Gasteiger partial charge in [-0.25, -0.2) is 4.79 Å². The van der Waals surface area contributed by atoms with Gasteiger partial charge in [0.05, 0.1) is 12.0 Å². The Labute approximate surface area is 139 Å². The highest BCUT2D eigenvalue weighted by Gasteiger charge is 2.36. The fourth-order valence-corrected chi connectivity index (χ4v) is 2.80. The van der Waals surface area contributed by atoms with Crippen LogP contribution in [0.25, 0.3) is 0 Å². The van der Waals surface area contributed by atoms with E-state index >= 15 is 0 Å². The van der Waals surface area contributed by atoms with Crippen LogP contribution in [-0.2, 0) is 9.53 Å². The van der Waals surface area contributed by atoms with Crippen LogP contribution in [-0.4, -0.2) is 64.8 Å². The molecule has 0 radical (unpaired) electrons. The van der Waals surface area contributed by atoms with Gasteiger partial charge in [-0.15, -0.1) is 0 Å². The predicted octanol–water partition coefficient (Wildman–Crippen LogP) is 1.34. The van der Waals surface area contributed by atoms with Gasteiger partial charge in [0.25, 0.3) is 0 Å². The van der Waals surface area contributed by atoms with Crippen LogP contribution in [0.5, 0.6) is 0 Å². The predicted molar refractivity (Wildman–Crippen MR) is 88.1 cm³/mol. The van der Waals surface area contributed by atoms with Crippen molar-refractivity contribution in [3.05, 3.63) is 0 Å². The summed E-state index contributed by atoms with van der Waals surface area (Å²) in [5, 5.41) is 9.49. The van der Waals surface area contributed by atoms with E-state index in [2.05, 4.69) is 0 Å². The van der Waals surface area contributed by atoms with Crippen molar-refractivity contribution in [2.75, 3.05) is 26.2 Å². The Morgan fingerprint density at radius 1 is 1.05 bits per heavy atom. The molecule has 2 rings (SSSR count). The van der Waals surface area contributed by atoms with E-state index < -0.39 is 5.60 Å². The molecule has 7 heteroatoms. The van der Waals surface area contributed by atoms with Crippen molar-refractivity contribution in [3.8, 4) is 0 Å². The van der Waals surface area contributed by atoms with E-state index in [1.165, 1.54) is 0 Å². The fourth-order valence-electron chi connectivity index (χ4n) is 2.80. The molecule has 1 N–H and O–H groups in total. The van der Waals surface area contributed by atoms with Crippen molar-refractivity contribution in [1.82, 2.24) is 9.80 Å². The first-order chi connectivity index (χ1) is 9.76. The summed E-state index contributed by atoms with van der Waals surface area (Å²) in [4.78, 5) is 27.9. The fraction of sp³-hybridized carbons (Fsp3) is 0.867. The van der Waals surface area contributed by atoms with Gasteiger partial charge in [-0.2, -0.15) is 13.5 Å². The molecule has 0 spiro atoms. The molecule has 0 aliphatic carbocycles. The minimum Gasteiger partial charge on any atom is -0.444 e. The van der Waals surface area contributed by atoms with E-state index in [1.807, 2.05) is 25.7 Å². The van der Waals surface area contributed by atoms with Gasteiger partial charge in [0, 0.05) is 26.2 Å². The van der Waals surface area contributed by atoms with E-state index in [4.69, 9.17) is 4.74 Å². The van der Waals surface area contributed by atoms with Crippen molar-refractivity contribution in [3.63, 3.8) is 0 Å². The van der Waals surface area contributed by atoms with Crippen LogP contribution in [0.15, 0.2) is 0 Å². The molecule has 2 aliphatic heterocycles. The van der Waals surface area contributed by atoms with Gasteiger partial charge in [0.15, 0.2) is 0 Å². The average molecular weight is 332 g/mol. The highest BCUT2D eigenvalue weighted by Crippen LogP contribution is 2.23. The zero-order valence-corrected chi connectivity index (χ0v) is 14.7. The van der Waals surface area contributed by atoms with Crippen LogP contribution < -0.4 is 0 Å². The third-order valence-corrected chi connectivity index (χ3v) is 3.97. The number of carbonyl (C=O) groups excluding carboxylic acids is 2. The molecular weight excluding hydrogens is 304 g/mol. The van der Waals surface area contributed by atoms with Crippen LogP contribution in [0.4, 0.5) is 4.79 Å². The van der Waals surface area contributed by atoms with Gasteiger partial charge < -0.3 is 19.6 Å². The Morgan fingerprint density at radius 2 is 1.59 bits per heavy atom. The zero-order valence-electron chi connectivity index (χ0n) is 13.7. The number of amides is 2. The molecule has 2 fully saturated rings. The second kappa shape index (κ2) is 7.55. The largest absolute Gasteiger partial charge is 0.444 e. The topological polar surface area (TPSA) is 70.1 Å². The van der Waals surface area contributed by atoms with E-state index in [-0.39, 0.29) is 37.5 Å². The van der Waals surface area contributed by atoms with Crippen LogP contribution in [0.3, 0.4) is 0 Å². The van der Waals surface area contributed by atoms with Gasteiger partial charge in [0.2, 0.25) is 5.91 Å². The number of carbonyl (C=O) groups is 2. The summed E-state index contributed by atoms with van der Waals surface area (Å²) in [6.07, 6.45) is 1.36. The van der Waals surface area contributed by atoms with Gasteiger partial charge >= 0.3 is 6.09 Å². The summed E-state index contributed by atoms with van der Waals surface area (Å²) in [6, 6.07) is 0. The summed E-state index contributed by atoms with van der Waals surface area (Å²) in [6.45, 7) is 7.74. The molecule has 22 heavy (non-hydrogen) atoms. The lowest BCUT2D eigenvalue weighted by molar-refractivity contribution is -0.137. The number of aliphatic hydroxyl groups excluding tert-OH is 1.